The average Bonchev–Trinajstić information content (AvgIpc) is 2.55. The minimum atomic E-state index is -4.03. The molecule has 0 N–H and O–H groups in total. The van der Waals surface area contributed by atoms with Gasteiger partial charge in [-0.1, -0.05) is 30.3 Å². The van der Waals surface area contributed by atoms with Gasteiger partial charge in [-0.2, -0.15) is 8.42 Å². The lowest BCUT2D eigenvalue weighted by atomic mass is 10.1. The van der Waals surface area contributed by atoms with Gasteiger partial charge in [-0.15, -0.1) is 4.40 Å². The summed E-state index contributed by atoms with van der Waals surface area (Å²) >= 11 is 0. The summed E-state index contributed by atoms with van der Waals surface area (Å²) in [7, 11) is -4.03. The maximum absolute atomic E-state index is 12.5. The molecule has 2 aromatic rings. The molecule has 0 aliphatic heterocycles. The van der Waals surface area contributed by atoms with E-state index in [1.807, 2.05) is 30.3 Å². The van der Waals surface area contributed by atoms with Crippen LogP contribution in [-0.4, -0.2) is 25.3 Å². The molecule has 0 saturated carbocycles. The Hall–Kier alpha value is -2.74. The molecule has 0 unspecified atom stereocenters. The van der Waals surface area contributed by atoms with Crippen molar-refractivity contribution in [1.82, 2.24) is 0 Å². The van der Waals surface area contributed by atoms with Crippen LogP contribution in [0.5, 0.6) is 0 Å². The maximum Gasteiger partial charge on any atom is 0.285 e. The Morgan fingerprint density at radius 3 is 2.24 bits per heavy atom. The van der Waals surface area contributed by atoms with Gasteiger partial charge in [-0.3, -0.25) is 10.1 Å². The number of non-ortho nitro benzene ring substituents is 1. The number of nitrogens with zero attached hydrogens (tertiary/aromatic N) is 2. The van der Waals surface area contributed by atoms with Gasteiger partial charge in [-0.25, -0.2) is 0 Å². The van der Waals surface area contributed by atoms with Crippen LogP contribution in [0.1, 0.15) is 19.4 Å². The highest BCUT2D eigenvalue weighted by atomic mass is 32.2. The number of benzene rings is 2. The first-order valence-electron chi connectivity index (χ1n) is 7.57. The van der Waals surface area contributed by atoms with Gasteiger partial charge in [-0.05, 0) is 31.5 Å². The first-order valence-corrected chi connectivity index (χ1v) is 9.01. The summed E-state index contributed by atoms with van der Waals surface area (Å²) in [6.45, 7) is 3.55. The largest absolute Gasteiger partial charge is 0.477 e. The number of hydrogen-bond donors (Lipinski definition) is 0. The highest BCUT2D eigenvalue weighted by Crippen LogP contribution is 2.18. The van der Waals surface area contributed by atoms with Crippen LogP contribution in [0.15, 0.2) is 63.9 Å². The number of nitro groups is 1. The summed E-state index contributed by atoms with van der Waals surface area (Å²) in [5, 5.41) is 10.7. The van der Waals surface area contributed by atoms with E-state index >= 15 is 0 Å². The maximum atomic E-state index is 12.5. The molecule has 0 atom stereocenters. The Morgan fingerprint density at radius 1 is 1.12 bits per heavy atom. The van der Waals surface area contributed by atoms with Gasteiger partial charge in [0.2, 0.25) is 5.90 Å². The van der Waals surface area contributed by atoms with Gasteiger partial charge < -0.3 is 4.74 Å². The van der Waals surface area contributed by atoms with Crippen molar-refractivity contribution in [3.05, 3.63) is 70.3 Å². The van der Waals surface area contributed by atoms with Crippen LogP contribution < -0.4 is 0 Å². The molecule has 0 aliphatic carbocycles. The van der Waals surface area contributed by atoms with Gasteiger partial charge in [0.05, 0.1) is 15.9 Å². The van der Waals surface area contributed by atoms with Crippen molar-refractivity contribution in [2.24, 2.45) is 4.40 Å². The third-order valence-electron chi connectivity index (χ3n) is 3.14. The lowest BCUT2D eigenvalue weighted by molar-refractivity contribution is -0.384. The van der Waals surface area contributed by atoms with Gasteiger partial charge in [0.1, 0.15) is 0 Å². The molecule has 0 aliphatic rings. The van der Waals surface area contributed by atoms with Crippen LogP contribution in [-0.2, 0) is 21.2 Å². The van der Waals surface area contributed by atoms with Crippen LogP contribution >= 0.6 is 0 Å². The molecule has 0 spiro atoms. The number of hydrogen-bond acceptors (Lipinski definition) is 5. The van der Waals surface area contributed by atoms with Crippen molar-refractivity contribution in [3.8, 4) is 0 Å². The van der Waals surface area contributed by atoms with E-state index in [9.17, 15) is 18.5 Å². The van der Waals surface area contributed by atoms with Crippen molar-refractivity contribution < 1.29 is 18.1 Å². The Balaban J connectivity index is 2.33. The third-order valence-corrected chi connectivity index (χ3v) is 4.45. The zero-order valence-electron chi connectivity index (χ0n) is 13.8. The van der Waals surface area contributed by atoms with Crippen molar-refractivity contribution in [2.45, 2.75) is 31.3 Å². The Bertz CT molecular complexity index is 860. The van der Waals surface area contributed by atoms with Crippen molar-refractivity contribution in [3.63, 3.8) is 0 Å². The Kier molecular flexibility index (Phi) is 5.87. The fourth-order valence-electron chi connectivity index (χ4n) is 2.06. The second kappa shape index (κ2) is 7.89. The molecule has 0 bridgehead atoms. The van der Waals surface area contributed by atoms with Crippen LogP contribution in [0.25, 0.3) is 0 Å². The fraction of sp³-hybridized carbons (Fsp3) is 0.235. The van der Waals surface area contributed by atoms with E-state index in [2.05, 4.69) is 4.40 Å². The van der Waals surface area contributed by atoms with Crippen LogP contribution in [0, 0.1) is 10.1 Å². The predicted octanol–water partition coefficient (Wildman–Crippen LogP) is 3.35. The average molecular weight is 362 g/mol. The highest BCUT2D eigenvalue weighted by Gasteiger charge is 2.18. The molecule has 8 heteroatoms. The van der Waals surface area contributed by atoms with Gasteiger partial charge in [0, 0.05) is 18.6 Å². The van der Waals surface area contributed by atoms with Gasteiger partial charge in [0.15, 0.2) is 0 Å². The molecular formula is C17H18N2O5S. The smallest absolute Gasteiger partial charge is 0.285 e. The molecule has 0 radical (unpaired) electrons. The Labute approximate surface area is 146 Å². The molecule has 132 valence electrons. The summed E-state index contributed by atoms with van der Waals surface area (Å²) in [4.78, 5) is 9.95. The van der Waals surface area contributed by atoms with Gasteiger partial charge >= 0.3 is 0 Å². The zero-order chi connectivity index (χ0) is 18.4. The number of ether oxygens (including phenoxy) is 1. The van der Waals surface area contributed by atoms with Crippen LogP contribution in [0.4, 0.5) is 5.69 Å². The Morgan fingerprint density at radius 2 is 1.72 bits per heavy atom. The third kappa shape index (κ3) is 5.39. The number of rotatable bonds is 6. The van der Waals surface area contributed by atoms with E-state index in [4.69, 9.17) is 4.74 Å². The molecular weight excluding hydrogens is 344 g/mol. The molecule has 0 saturated heterocycles. The lowest BCUT2D eigenvalue weighted by Gasteiger charge is -2.12. The molecule has 2 rings (SSSR count). The molecule has 0 heterocycles. The minimum Gasteiger partial charge on any atom is -0.477 e. The number of nitro benzene ring substituents is 1. The fourth-order valence-corrected chi connectivity index (χ4v) is 3.03. The summed E-state index contributed by atoms with van der Waals surface area (Å²) in [5.41, 5.74) is 0.673. The van der Waals surface area contributed by atoms with Crippen LogP contribution in [0.2, 0.25) is 0 Å². The minimum absolute atomic E-state index is 0.0690. The lowest BCUT2D eigenvalue weighted by Crippen LogP contribution is -2.16. The molecule has 25 heavy (non-hydrogen) atoms. The standard InChI is InChI=1S/C17H18N2O5S/c1-13(2)24-17(12-14-6-4-3-5-7-14)18-25(22,23)16-10-8-15(9-11-16)19(20)21/h3-11,13H,12H2,1-2H3/b18-17-. The van der Waals surface area contributed by atoms with Crippen LogP contribution in [0.3, 0.4) is 0 Å². The predicted molar refractivity (Wildman–Crippen MR) is 94.1 cm³/mol. The van der Waals surface area contributed by atoms with E-state index in [0.29, 0.717) is 0 Å². The van der Waals surface area contributed by atoms with Crippen molar-refractivity contribution >= 4 is 21.6 Å². The highest BCUT2D eigenvalue weighted by molar-refractivity contribution is 7.90. The zero-order valence-corrected chi connectivity index (χ0v) is 14.6. The first-order chi connectivity index (χ1) is 11.8. The van der Waals surface area contributed by atoms with Crippen molar-refractivity contribution in [2.75, 3.05) is 0 Å². The molecule has 0 aromatic heterocycles. The summed E-state index contributed by atoms with van der Waals surface area (Å²) in [6.07, 6.45) is -0.0138. The second-order valence-electron chi connectivity index (χ2n) is 5.54. The van der Waals surface area contributed by atoms with Crippen molar-refractivity contribution in [1.29, 1.82) is 0 Å². The summed E-state index contributed by atoms with van der Waals surface area (Å²) in [6, 6.07) is 13.8. The SMILES string of the molecule is CC(C)O/C(Cc1ccccc1)=N\S(=O)(=O)c1ccc([N+](=O)[O-])cc1. The van der Waals surface area contributed by atoms with E-state index in [1.165, 1.54) is 0 Å². The second-order valence-corrected chi connectivity index (χ2v) is 7.14. The van der Waals surface area contributed by atoms with Gasteiger partial charge in [0.25, 0.3) is 15.7 Å². The van der Waals surface area contributed by atoms with E-state index in [-0.39, 0.29) is 29.0 Å². The van der Waals surface area contributed by atoms with E-state index < -0.39 is 14.9 Å². The normalized spacial score (nSPS) is 12.2. The summed E-state index contributed by atoms with van der Waals surface area (Å²) in [5.74, 6) is 0.0690. The first kappa shape index (κ1) is 18.6. The molecule has 0 amide bonds. The van der Waals surface area contributed by atoms with E-state index in [1.54, 1.807) is 13.8 Å². The molecule has 2 aromatic carbocycles. The summed E-state index contributed by atoms with van der Waals surface area (Å²) < 4.78 is 34.2. The monoisotopic (exact) mass is 362 g/mol. The number of sulfonamides is 1. The quantitative estimate of drug-likeness (QED) is 0.340. The topological polar surface area (TPSA) is 98.9 Å². The van der Waals surface area contributed by atoms with E-state index in [0.717, 1.165) is 29.8 Å². The molecule has 7 nitrogen and oxygen atoms in total. The molecule has 0 fully saturated rings.